The summed E-state index contributed by atoms with van der Waals surface area (Å²) in [4.78, 5) is 10.7. The highest BCUT2D eigenvalue weighted by Gasteiger charge is 2.20. The van der Waals surface area contributed by atoms with Gasteiger partial charge in [0.05, 0.1) is 33.3 Å². The molecule has 12 rings (SSSR count). The van der Waals surface area contributed by atoms with E-state index in [1.54, 1.807) is 0 Å². The molecule has 0 aliphatic heterocycles. The summed E-state index contributed by atoms with van der Waals surface area (Å²) >= 11 is 0. The molecule has 0 atom stereocenters. The SMILES string of the molecule is c1ccc(-c2ccc(-c3nc(-n4c5ccc(-c6ccc7c8ccccc8n(-c8ccccc8)c7c6)cc5c5c6ccccc6ccc54)nc4ccccc34)cc2)cc1. The minimum Gasteiger partial charge on any atom is -0.309 e. The summed E-state index contributed by atoms with van der Waals surface area (Å²) in [6.07, 6.45) is 0. The van der Waals surface area contributed by atoms with Gasteiger partial charge in [-0.3, -0.25) is 4.57 Å². The first-order valence-electron chi connectivity index (χ1n) is 19.7. The predicted octanol–water partition coefficient (Wildman–Crippen LogP) is 14.0. The first kappa shape index (κ1) is 32.4. The van der Waals surface area contributed by atoms with Gasteiger partial charge in [0.1, 0.15) is 0 Å². The Hall–Kier alpha value is -7.82. The lowest BCUT2D eigenvalue weighted by Crippen LogP contribution is -2.03. The quantitative estimate of drug-likeness (QED) is 0.176. The molecule has 4 nitrogen and oxygen atoms in total. The third kappa shape index (κ3) is 5.02. The van der Waals surface area contributed by atoms with Gasteiger partial charge in [0.15, 0.2) is 0 Å². The highest BCUT2D eigenvalue weighted by Crippen LogP contribution is 2.41. The molecule has 0 spiro atoms. The number of hydrogen-bond donors (Lipinski definition) is 0. The van der Waals surface area contributed by atoms with Crippen molar-refractivity contribution in [1.29, 1.82) is 0 Å². The molecule has 3 aromatic heterocycles. The van der Waals surface area contributed by atoms with Crippen LogP contribution in [0.3, 0.4) is 0 Å². The van der Waals surface area contributed by atoms with Crippen LogP contribution in [0.1, 0.15) is 0 Å². The van der Waals surface area contributed by atoms with Crippen LogP contribution < -0.4 is 0 Å². The maximum absolute atomic E-state index is 5.42. The first-order valence-corrected chi connectivity index (χ1v) is 19.7. The number of benzene rings is 9. The van der Waals surface area contributed by atoms with Gasteiger partial charge in [0.25, 0.3) is 0 Å². The lowest BCUT2D eigenvalue weighted by Gasteiger charge is -2.12. The maximum atomic E-state index is 5.42. The summed E-state index contributed by atoms with van der Waals surface area (Å²) in [5, 5.41) is 8.28. The van der Waals surface area contributed by atoms with Crippen molar-refractivity contribution in [3.63, 3.8) is 0 Å². The Morgan fingerprint density at radius 2 is 0.897 bits per heavy atom. The fraction of sp³-hybridized carbons (Fsp3) is 0. The van der Waals surface area contributed by atoms with E-state index in [2.05, 4.69) is 215 Å². The van der Waals surface area contributed by atoms with Crippen molar-refractivity contribution in [3.8, 4) is 45.1 Å². The van der Waals surface area contributed by atoms with Gasteiger partial charge in [-0.25, -0.2) is 9.97 Å². The third-order valence-electron chi connectivity index (χ3n) is 11.7. The number of para-hydroxylation sites is 3. The second-order valence-corrected chi connectivity index (χ2v) is 15.0. The Morgan fingerprint density at radius 1 is 0.310 bits per heavy atom. The van der Waals surface area contributed by atoms with Crippen molar-refractivity contribution < 1.29 is 0 Å². The normalized spacial score (nSPS) is 11.8. The molecule has 3 heterocycles. The highest BCUT2D eigenvalue weighted by molar-refractivity contribution is 6.22. The number of rotatable bonds is 5. The maximum Gasteiger partial charge on any atom is 0.235 e. The molecule has 0 bridgehead atoms. The van der Waals surface area contributed by atoms with Crippen molar-refractivity contribution in [1.82, 2.24) is 19.1 Å². The molecular formula is C54H34N4. The monoisotopic (exact) mass is 738 g/mol. The van der Waals surface area contributed by atoms with Crippen molar-refractivity contribution >= 4 is 65.3 Å². The van der Waals surface area contributed by atoms with Gasteiger partial charge >= 0.3 is 0 Å². The molecule has 0 aliphatic rings. The summed E-state index contributed by atoms with van der Waals surface area (Å²) in [6, 6.07) is 73.8. The Bertz CT molecular complexity index is 3540. The topological polar surface area (TPSA) is 35.6 Å². The molecule has 0 radical (unpaired) electrons. The molecule has 4 heteroatoms. The van der Waals surface area contributed by atoms with E-state index in [-0.39, 0.29) is 0 Å². The molecule has 12 aromatic rings. The molecule has 0 amide bonds. The average Bonchev–Trinajstić information content (AvgIpc) is 3.82. The Labute approximate surface area is 334 Å². The molecule has 9 aromatic carbocycles. The van der Waals surface area contributed by atoms with Crippen LogP contribution in [0.5, 0.6) is 0 Å². The molecule has 0 aliphatic carbocycles. The second kappa shape index (κ2) is 12.9. The van der Waals surface area contributed by atoms with E-state index in [0.29, 0.717) is 5.95 Å². The van der Waals surface area contributed by atoms with E-state index < -0.39 is 0 Å². The van der Waals surface area contributed by atoms with E-state index in [9.17, 15) is 0 Å². The standard InChI is InChI=1S/C54H34N4/c1-3-13-35(14-4-1)36-23-25-38(26-24-36)53-45-20-9-11-21-47(45)55-54(56-53)58-49-31-29-39(33-46(49)52-42-18-8-7-15-37(42)28-32-50(52)58)40-27-30-44-43-19-10-12-22-48(43)57(51(44)34-40)41-16-5-2-6-17-41/h1-34H. The summed E-state index contributed by atoms with van der Waals surface area (Å²) in [5.41, 5.74) is 13.2. The van der Waals surface area contributed by atoms with Crippen molar-refractivity contribution in [2.45, 2.75) is 0 Å². The van der Waals surface area contributed by atoms with Crippen LogP contribution in [-0.4, -0.2) is 19.1 Å². The predicted molar refractivity (Wildman–Crippen MR) is 242 cm³/mol. The Kier molecular flexibility index (Phi) is 7.20. The molecular weight excluding hydrogens is 705 g/mol. The molecule has 58 heavy (non-hydrogen) atoms. The van der Waals surface area contributed by atoms with Crippen molar-refractivity contribution in [2.75, 3.05) is 0 Å². The molecule has 0 fully saturated rings. The largest absolute Gasteiger partial charge is 0.309 e. The Balaban J connectivity index is 1.08. The van der Waals surface area contributed by atoms with Crippen LogP contribution in [0.15, 0.2) is 206 Å². The molecule has 0 saturated carbocycles. The van der Waals surface area contributed by atoms with Gasteiger partial charge in [-0.05, 0) is 81.6 Å². The molecule has 0 unspecified atom stereocenters. The fourth-order valence-corrected chi connectivity index (χ4v) is 9.03. The number of nitrogens with zero attached hydrogens (tertiary/aromatic N) is 4. The van der Waals surface area contributed by atoms with Gasteiger partial charge in [0.2, 0.25) is 5.95 Å². The second-order valence-electron chi connectivity index (χ2n) is 15.0. The first-order chi connectivity index (χ1) is 28.8. The van der Waals surface area contributed by atoms with Gasteiger partial charge in [0, 0.05) is 38.2 Å². The minimum absolute atomic E-state index is 0.651. The zero-order chi connectivity index (χ0) is 38.2. The molecule has 0 N–H and O–H groups in total. The van der Waals surface area contributed by atoms with Crippen LogP contribution in [0.4, 0.5) is 0 Å². The van der Waals surface area contributed by atoms with Crippen molar-refractivity contribution in [2.24, 2.45) is 0 Å². The lowest BCUT2D eigenvalue weighted by molar-refractivity contribution is 1.01. The Morgan fingerprint density at radius 3 is 1.74 bits per heavy atom. The molecule has 0 saturated heterocycles. The number of aromatic nitrogens is 4. The summed E-state index contributed by atoms with van der Waals surface area (Å²) < 4.78 is 4.64. The van der Waals surface area contributed by atoms with Crippen LogP contribution >= 0.6 is 0 Å². The van der Waals surface area contributed by atoms with Gasteiger partial charge in [-0.2, -0.15) is 0 Å². The van der Waals surface area contributed by atoms with E-state index in [1.807, 2.05) is 0 Å². The van der Waals surface area contributed by atoms with E-state index in [1.165, 1.54) is 60.0 Å². The average molecular weight is 739 g/mol. The smallest absolute Gasteiger partial charge is 0.235 e. The summed E-state index contributed by atoms with van der Waals surface area (Å²) in [6.45, 7) is 0. The minimum atomic E-state index is 0.651. The van der Waals surface area contributed by atoms with Gasteiger partial charge in [-0.1, -0.05) is 158 Å². The zero-order valence-electron chi connectivity index (χ0n) is 31.4. The summed E-state index contributed by atoms with van der Waals surface area (Å²) in [5.74, 6) is 0.651. The number of fused-ring (bicyclic) bond motifs is 9. The van der Waals surface area contributed by atoms with Crippen LogP contribution in [0.25, 0.3) is 110 Å². The van der Waals surface area contributed by atoms with E-state index in [0.717, 1.165) is 44.4 Å². The zero-order valence-corrected chi connectivity index (χ0v) is 31.4. The van der Waals surface area contributed by atoms with Crippen LogP contribution in [0, 0.1) is 0 Å². The van der Waals surface area contributed by atoms with Gasteiger partial charge in [-0.15, -0.1) is 0 Å². The molecule has 270 valence electrons. The van der Waals surface area contributed by atoms with E-state index >= 15 is 0 Å². The lowest BCUT2D eigenvalue weighted by atomic mass is 9.99. The van der Waals surface area contributed by atoms with E-state index in [4.69, 9.17) is 9.97 Å². The third-order valence-corrected chi connectivity index (χ3v) is 11.7. The fourth-order valence-electron chi connectivity index (χ4n) is 9.03. The number of hydrogen-bond acceptors (Lipinski definition) is 2. The van der Waals surface area contributed by atoms with Crippen LogP contribution in [0.2, 0.25) is 0 Å². The van der Waals surface area contributed by atoms with Crippen molar-refractivity contribution in [3.05, 3.63) is 206 Å². The van der Waals surface area contributed by atoms with Gasteiger partial charge < -0.3 is 4.57 Å². The summed E-state index contributed by atoms with van der Waals surface area (Å²) in [7, 11) is 0. The van der Waals surface area contributed by atoms with Crippen LogP contribution in [-0.2, 0) is 0 Å². The highest BCUT2D eigenvalue weighted by atomic mass is 15.2.